The molecule has 1 saturated carbocycles. The van der Waals surface area contributed by atoms with Gasteiger partial charge in [-0.15, -0.1) is 0 Å². The van der Waals surface area contributed by atoms with Gasteiger partial charge < -0.3 is 10.5 Å². The maximum absolute atomic E-state index is 6.42. The van der Waals surface area contributed by atoms with E-state index in [-0.39, 0.29) is 18.2 Å². The van der Waals surface area contributed by atoms with Crippen LogP contribution in [-0.2, 0) is 4.74 Å². The molecule has 4 atom stereocenters. The first-order valence-electron chi connectivity index (χ1n) is 7.93. The summed E-state index contributed by atoms with van der Waals surface area (Å²) in [6, 6.07) is 7.81. The van der Waals surface area contributed by atoms with Gasteiger partial charge in [-0.25, -0.2) is 0 Å². The van der Waals surface area contributed by atoms with Gasteiger partial charge in [0.2, 0.25) is 0 Å². The van der Waals surface area contributed by atoms with E-state index in [1.165, 1.54) is 6.42 Å². The normalized spacial score (nSPS) is 28.1. The van der Waals surface area contributed by atoms with Gasteiger partial charge in [0.05, 0.1) is 12.2 Å². The van der Waals surface area contributed by atoms with Crippen molar-refractivity contribution in [1.82, 2.24) is 0 Å². The van der Waals surface area contributed by atoms with Gasteiger partial charge in [-0.05, 0) is 55.2 Å². The molecule has 0 bridgehead atoms. The molecule has 2 rings (SSSR count). The van der Waals surface area contributed by atoms with E-state index in [4.69, 9.17) is 22.1 Å². The van der Waals surface area contributed by atoms with Crippen molar-refractivity contribution in [2.24, 2.45) is 17.1 Å². The Labute approximate surface area is 134 Å². The predicted octanol–water partition coefficient (Wildman–Crippen LogP) is 4.96. The maximum atomic E-state index is 6.42. The first-order chi connectivity index (χ1) is 9.77. The Bertz CT molecular complexity index is 472. The highest BCUT2D eigenvalue weighted by Gasteiger charge is 2.34. The van der Waals surface area contributed by atoms with Gasteiger partial charge in [0.25, 0.3) is 0 Å². The molecule has 0 radical (unpaired) electrons. The van der Waals surface area contributed by atoms with Crippen LogP contribution in [-0.4, -0.2) is 12.1 Å². The average Bonchev–Trinajstić information content (AvgIpc) is 2.33. The highest BCUT2D eigenvalue weighted by Crippen LogP contribution is 2.41. The van der Waals surface area contributed by atoms with Crippen LogP contribution in [0.5, 0.6) is 0 Å². The van der Waals surface area contributed by atoms with Crippen molar-refractivity contribution in [3.63, 3.8) is 0 Å². The van der Waals surface area contributed by atoms with E-state index < -0.39 is 0 Å². The lowest BCUT2D eigenvalue weighted by Gasteiger charge is -2.40. The predicted molar refractivity (Wildman–Crippen MR) is 89.5 cm³/mol. The van der Waals surface area contributed by atoms with Gasteiger partial charge in [-0.1, -0.05) is 44.5 Å². The van der Waals surface area contributed by atoms with Gasteiger partial charge in [0.15, 0.2) is 0 Å². The minimum absolute atomic E-state index is 0.0520. The number of hydrogen-bond donors (Lipinski definition) is 1. The zero-order valence-electron chi connectivity index (χ0n) is 13.6. The van der Waals surface area contributed by atoms with Crippen molar-refractivity contribution in [1.29, 1.82) is 0 Å². The molecule has 0 amide bonds. The second kappa shape index (κ2) is 6.68. The monoisotopic (exact) mass is 309 g/mol. The highest BCUT2D eigenvalue weighted by atomic mass is 35.5. The van der Waals surface area contributed by atoms with Crippen molar-refractivity contribution < 1.29 is 4.74 Å². The summed E-state index contributed by atoms with van der Waals surface area (Å²) < 4.78 is 6.42. The molecular weight excluding hydrogens is 282 g/mol. The average molecular weight is 310 g/mol. The van der Waals surface area contributed by atoms with Crippen molar-refractivity contribution in [3.05, 3.63) is 34.9 Å². The molecule has 4 unspecified atom stereocenters. The lowest BCUT2D eigenvalue weighted by molar-refractivity contribution is -0.0738. The molecule has 21 heavy (non-hydrogen) atoms. The Morgan fingerprint density at radius 1 is 1.33 bits per heavy atom. The third-order valence-corrected chi connectivity index (χ3v) is 4.58. The highest BCUT2D eigenvalue weighted by molar-refractivity contribution is 6.30. The van der Waals surface area contributed by atoms with E-state index in [0.717, 1.165) is 23.4 Å². The zero-order chi connectivity index (χ0) is 15.6. The summed E-state index contributed by atoms with van der Waals surface area (Å²) in [4.78, 5) is 0. The molecule has 1 aromatic rings. The number of rotatable bonds is 4. The molecule has 0 heterocycles. The van der Waals surface area contributed by atoms with Crippen molar-refractivity contribution >= 4 is 11.6 Å². The van der Waals surface area contributed by atoms with Crippen molar-refractivity contribution in [3.8, 4) is 0 Å². The van der Waals surface area contributed by atoms with E-state index in [9.17, 15) is 0 Å². The molecule has 1 aliphatic carbocycles. The minimum atomic E-state index is -0.0881. The van der Waals surface area contributed by atoms with Gasteiger partial charge in [0, 0.05) is 11.1 Å². The van der Waals surface area contributed by atoms with Crippen molar-refractivity contribution in [2.45, 2.75) is 65.2 Å². The Morgan fingerprint density at radius 3 is 2.62 bits per heavy atom. The fourth-order valence-electron chi connectivity index (χ4n) is 3.76. The number of hydrogen-bond acceptors (Lipinski definition) is 2. The van der Waals surface area contributed by atoms with Crippen molar-refractivity contribution in [2.75, 3.05) is 0 Å². The molecule has 118 valence electrons. The molecule has 3 heteroatoms. The van der Waals surface area contributed by atoms with Crippen LogP contribution >= 0.6 is 11.6 Å². The topological polar surface area (TPSA) is 35.2 Å². The Balaban J connectivity index is 2.13. The van der Waals surface area contributed by atoms with E-state index in [1.54, 1.807) is 0 Å². The minimum Gasteiger partial charge on any atom is -0.369 e. The van der Waals surface area contributed by atoms with Crippen LogP contribution in [0.1, 0.15) is 58.6 Å². The van der Waals surface area contributed by atoms with E-state index in [0.29, 0.717) is 11.3 Å². The third kappa shape index (κ3) is 4.70. The van der Waals surface area contributed by atoms with Crippen LogP contribution in [0, 0.1) is 11.3 Å². The molecule has 0 spiro atoms. The number of halogens is 1. The van der Waals surface area contributed by atoms with E-state index in [2.05, 4.69) is 26.8 Å². The number of nitrogens with two attached hydrogens (primary N) is 1. The number of benzene rings is 1. The van der Waals surface area contributed by atoms with Crippen LogP contribution in [0.25, 0.3) is 0 Å². The summed E-state index contributed by atoms with van der Waals surface area (Å²) in [6.07, 6.45) is 3.68. The first-order valence-corrected chi connectivity index (χ1v) is 8.31. The maximum Gasteiger partial charge on any atom is 0.0977 e. The molecule has 0 aliphatic heterocycles. The Morgan fingerprint density at radius 2 is 2.05 bits per heavy atom. The number of ether oxygens (including phenoxy) is 1. The van der Waals surface area contributed by atoms with Crippen LogP contribution in [0.2, 0.25) is 5.02 Å². The summed E-state index contributed by atoms with van der Waals surface area (Å²) in [7, 11) is 0. The zero-order valence-corrected chi connectivity index (χ0v) is 14.4. The first kappa shape index (κ1) is 16.8. The second-order valence-electron chi connectivity index (χ2n) is 7.51. The van der Waals surface area contributed by atoms with Gasteiger partial charge in [-0.3, -0.25) is 0 Å². The fourth-order valence-corrected chi connectivity index (χ4v) is 3.96. The molecule has 1 fully saturated rings. The largest absolute Gasteiger partial charge is 0.369 e. The summed E-state index contributed by atoms with van der Waals surface area (Å²) in [5, 5.41) is 0.735. The molecule has 0 saturated heterocycles. The van der Waals surface area contributed by atoms with Gasteiger partial charge in [-0.2, -0.15) is 0 Å². The summed E-state index contributed by atoms with van der Waals surface area (Å²) in [5.41, 5.74) is 7.59. The fraction of sp³-hybridized carbons (Fsp3) is 0.667. The second-order valence-corrected chi connectivity index (χ2v) is 7.94. The van der Waals surface area contributed by atoms with Crippen LogP contribution < -0.4 is 5.73 Å². The molecule has 2 nitrogen and oxygen atoms in total. The lowest BCUT2D eigenvalue weighted by atomic mass is 9.71. The third-order valence-electron chi connectivity index (χ3n) is 4.34. The summed E-state index contributed by atoms with van der Waals surface area (Å²) in [5.74, 6) is 0.701. The van der Waals surface area contributed by atoms with Gasteiger partial charge >= 0.3 is 0 Å². The molecule has 1 aromatic carbocycles. The Kier molecular flexibility index (Phi) is 5.34. The standard InChI is InChI=1S/C18H28ClNO/c1-12-8-16(11-18(3,4)10-12)21-17(13(2)20)14-6-5-7-15(19)9-14/h5-7,9,12-13,16-17H,8,10-11,20H2,1-4H3. The molecule has 0 aromatic heterocycles. The van der Waals surface area contributed by atoms with Gasteiger partial charge in [0.1, 0.15) is 0 Å². The van der Waals surface area contributed by atoms with Crippen LogP contribution in [0.4, 0.5) is 0 Å². The Hall–Kier alpha value is -0.570. The smallest absolute Gasteiger partial charge is 0.0977 e. The summed E-state index contributed by atoms with van der Waals surface area (Å²) in [6.45, 7) is 8.99. The lowest BCUT2D eigenvalue weighted by Crippen LogP contribution is -2.37. The quantitative estimate of drug-likeness (QED) is 0.853. The van der Waals surface area contributed by atoms with E-state index >= 15 is 0 Å². The summed E-state index contributed by atoms with van der Waals surface area (Å²) >= 11 is 6.11. The SMILES string of the molecule is CC1CC(OC(c2cccc(Cl)c2)C(C)N)CC(C)(C)C1. The molecule has 1 aliphatic rings. The van der Waals surface area contributed by atoms with E-state index in [1.807, 2.05) is 25.1 Å². The van der Waals surface area contributed by atoms with Crippen LogP contribution in [0.15, 0.2) is 24.3 Å². The molecule has 2 N–H and O–H groups in total. The molecular formula is C18H28ClNO. The van der Waals surface area contributed by atoms with Crippen LogP contribution in [0.3, 0.4) is 0 Å².